The molecule has 2 N–H and O–H groups in total. The van der Waals surface area contributed by atoms with E-state index in [1.807, 2.05) is 24.3 Å². The minimum absolute atomic E-state index is 0.156. The zero-order valence-corrected chi connectivity index (χ0v) is 11.9. The summed E-state index contributed by atoms with van der Waals surface area (Å²) in [7, 11) is 0. The second kappa shape index (κ2) is 5.50. The van der Waals surface area contributed by atoms with E-state index in [-0.39, 0.29) is 12.1 Å². The van der Waals surface area contributed by atoms with Gasteiger partial charge in [-0.05, 0) is 36.8 Å². The van der Waals surface area contributed by atoms with Crippen LogP contribution in [0.4, 0.5) is 5.69 Å². The van der Waals surface area contributed by atoms with E-state index >= 15 is 0 Å². The molecule has 1 aromatic carbocycles. The van der Waals surface area contributed by atoms with Crippen LogP contribution < -0.4 is 5.32 Å². The first-order chi connectivity index (χ1) is 8.57. The molecule has 3 atom stereocenters. The molecule has 3 heteroatoms. The van der Waals surface area contributed by atoms with Crippen LogP contribution >= 0.6 is 11.6 Å². The standard InChI is InChI=1S/C15H22ClNO/c1-11-7-8-12(2)15(9-11,10-18)17-14-6-4-3-5-13(14)16/h3-6,11-12,17-18H,7-10H2,1-2H3. The molecule has 0 aliphatic heterocycles. The lowest BCUT2D eigenvalue weighted by Crippen LogP contribution is -2.51. The molecule has 2 nitrogen and oxygen atoms in total. The first-order valence-corrected chi connectivity index (χ1v) is 7.09. The largest absolute Gasteiger partial charge is 0.394 e. The Morgan fingerprint density at radius 3 is 2.72 bits per heavy atom. The number of benzene rings is 1. The number of rotatable bonds is 3. The maximum Gasteiger partial charge on any atom is 0.0664 e. The van der Waals surface area contributed by atoms with Crippen molar-refractivity contribution in [2.75, 3.05) is 11.9 Å². The van der Waals surface area contributed by atoms with Crippen LogP contribution in [0.1, 0.15) is 33.1 Å². The fourth-order valence-corrected chi connectivity index (χ4v) is 3.18. The van der Waals surface area contributed by atoms with Crippen LogP contribution in [0.25, 0.3) is 0 Å². The van der Waals surface area contributed by atoms with E-state index in [4.69, 9.17) is 11.6 Å². The second-order valence-corrected chi connectivity index (χ2v) is 6.11. The lowest BCUT2D eigenvalue weighted by Gasteiger charge is -2.45. The molecule has 0 heterocycles. The third-order valence-electron chi connectivity index (χ3n) is 4.29. The normalized spacial score (nSPS) is 32.2. The lowest BCUT2D eigenvalue weighted by molar-refractivity contribution is 0.103. The monoisotopic (exact) mass is 267 g/mol. The van der Waals surface area contributed by atoms with Crippen molar-refractivity contribution in [1.29, 1.82) is 0 Å². The summed E-state index contributed by atoms with van der Waals surface area (Å²) < 4.78 is 0. The van der Waals surface area contributed by atoms with E-state index in [0.717, 1.165) is 23.6 Å². The highest BCUT2D eigenvalue weighted by molar-refractivity contribution is 6.33. The van der Waals surface area contributed by atoms with Crippen LogP contribution in [0, 0.1) is 11.8 Å². The van der Waals surface area contributed by atoms with Crippen molar-refractivity contribution in [2.45, 2.75) is 38.6 Å². The van der Waals surface area contributed by atoms with Crippen LogP contribution in [0.15, 0.2) is 24.3 Å². The van der Waals surface area contributed by atoms with Gasteiger partial charge < -0.3 is 10.4 Å². The number of aliphatic hydroxyl groups excluding tert-OH is 1. The molecule has 0 spiro atoms. The molecule has 100 valence electrons. The lowest BCUT2D eigenvalue weighted by atomic mass is 9.70. The number of aliphatic hydroxyl groups is 1. The summed E-state index contributed by atoms with van der Waals surface area (Å²) in [6.45, 7) is 4.63. The van der Waals surface area contributed by atoms with Gasteiger partial charge in [0.2, 0.25) is 0 Å². The van der Waals surface area contributed by atoms with Gasteiger partial charge in [0.05, 0.1) is 22.9 Å². The van der Waals surface area contributed by atoms with E-state index in [1.165, 1.54) is 6.42 Å². The molecule has 1 aromatic rings. The number of anilines is 1. The minimum atomic E-state index is -0.233. The fraction of sp³-hybridized carbons (Fsp3) is 0.600. The maximum atomic E-state index is 9.88. The highest BCUT2D eigenvalue weighted by Gasteiger charge is 2.40. The number of hydrogen-bond donors (Lipinski definition) is 2. The topological polar surface area (TPSA) is 32.3 Å². The summed E-state index contributed by atoms with van der Waals surface area (Å²) in [6, 6.07) is 7.75. The van der Waals surface area contributed by atoms with E-state index < -0.39 is 0 Å². The third-order valence-corrected chi connectivity index (χ3v) is 4.62. The number of nitrogens with one attached hydrogen (secondary N) is 1. The summed E-state index contributed by atoms with van der Waals surface area (Å²) >= 11 is 6.20. The van der Waals surface area contributed by atoms with E-state index in [1.54, 1.807) is 0 Å². The predicted octanol–water partition coefficient (Wildman–Crippen LogP) is 3.94. The van der Waals surface area contributed by atoms with Gasteiger partial charge in [0.15, 0.2) is 0 Å². The van der Waals surface area contributed by atoms with Crippen molar-refractivity contribution >= 4 is 17.3 Å². The van der Waals surface area contributed by atoms with Gasteiger partial charge in [0.25, 0.3) is 0 Å². The summed E-state index contributed by atoms with van der Waals surface area (Å²) in [5.74, 6) is 1.10. The Kier molecular flexibility index (Phi) is 4.18. The second-order valence-electron chi connectivity index (χ2n) is 5.71. The van der Waals surface area contributed by atoms with Crippen molar-refractivity contribution < 1.29 is 5.11 Å². The van der Waals surface area contributed by atoms with Crippen molar-refractivity contribution in [2.24, 2.45) is 11.8 Å². The zero-order chi connectivity index (χ0) is 13.2. The smallest absolute Gasteiger partial charge is 0.0664 e. The maximum absolute atomic E-state index is 9.88. The molecular weight excluding hydrogens is 246 g/mol. The number of para-hydroxylation sites is 1. The molecular formula is C15H22ClNO. The van der Waals surface area contributed by atoms with Gasteiger partial charge in [0.1, 0.15) is 0 Å². The van der Waals surface area contributed by atoms with Gasteiger partial charge >= 0.3 is 0 Å². The first kappa shape index (κ1) is 13.7. The van der Waals surface area contributed by atoms with Gasteiger partial charge in [0, 0.05) is 0 Å². The molecule has 1 saturated carbocycles. The Balaban J connectivity index is 2.24. The average molecular weight is 268 g/mol. The predicted molar refractivity (Wildman–Crippen MR) is 77.1 cm³/mol. The third kappa shape index (κ3) is 2.65. The summed E-state index contributed by atoms with van der Waals surface area (Å²) in [5.41, 5.74) is 0.692. The molecule has 1 aliphatic rings. The van der Waals surface area contributed by atoms with Crippen LogP contribution in [-0.2, 0) is 0 Å². The highest BCUT2D eigenvalue weighted by Crippen LogP contribution is 2.40. The van der Waals surface area contributed by atoms with Gasteiger partial charge in [-0.15, -0.1) is 0 Å². The summed E-state index contributed by atoms with van der Waals surface area (Å²) in [4.78, 5) is 0. The molecule has 0 aromatic heterocycles. The van der Waals surface area contributed by atoms with Gasteiger partial charge in [-0.2, -0.15) is 0 Å². The molecule has 3 unspecified atom stereocenters. The Labute approximate surface area is 114 Å². The zero-order valence-electron chi connectivity index (χ0n) is 11.1. The van der Waals surface area contributed by atoms with Crippen molar-refractivity contribution in [3.8, 4) is 0 Å². The summed E-state index contributed by atoms with van der Waals surface area (Å²) in [6.07, 6.45) is 3.39. The van der Waals surface area contributed by atoms with Crippen molar-refractivity contribution in [3.63, 3.8) is 0 Å². The quantitative estimate of drug-likeness (QED) is 0.869. The minimum Gasteiger partial charge on any atom is -0.394 e. The van der Waals surface area contributed by atoms with E-state index in [2.05, 4.69) is 19.2 Å². The van der Waals surface area contributed by atoms with Gasteiger partial charge in [-0.3, -0.25) is 0 Å². The number of halogens is 1. The van der Waals surface area contributed by atoms with Gasteiger partial charge in [-0.1, -0.05) is 44.0 Å². The van der Waals surface area contributed by atoms with Crippen LogP contribution in [0.2, 0.25) is 5.02 Å². The van der Waals surface area contributed by atoms with E-state index in [9.17, 15) is 5.11 Å². The Bertz CT molecular complexity index is 409. The van der Waals surface area contributed by atoms with Gasteiger partial charge in [-0.25, -0.2) is 0 Å². The van der Waals surface area contributed by atoms with Crippen molar-refractivity contribution in [1.82, 2.24) is 0 Å². The molecule has 0 radical (unpaired) electrons. The fourth-order valence-electron chi connectivity index (χ4n) is 3.00. The Morgan fingerprint density at radius 2 is 2.06 bits per heavy atom. The molecule has 0 bridgehead atoms. The van der Waals surface area contributed by atoms with Crippen molar-refractivity contribution in [3.05, 3.63) is 29.3 Å². The van der Waals surface area contributed by atoms with Crippen LogP contribution in [0.3, 0.4) is 0 Å². The molecule has 1 fully saturated rings. The molecule has 2 rings (SSSR count). The molecule has 0 saturated heterocycles. The number of hydrogen-bond acceptors (Lipinski definition) is 2. The van der Waals surface area contributed by atoms with Crippen LogP contribution in [-0.4, -0.2) is 17.3 Å². The Hall–Kier alpha value is -0.730. The molecule has 0 amide bonds. The SMILES string of the molecule is CC1CCC(C)C(CO)(Nc2ccccc2Cl)C1. The molecule has 1 aliphatic carbocycles. The average Bonchev–Trinajstić information content (AvgIpc) is 2.36. The van der Waals surface area contributed by atoms with E-state index in [0.29, 0.717) is 11.8 Å². The first-order valence-electron chi connectivity index (χ1n) is 6.71. The Morgan fingerprint density at radius 1 is 1.33 bits per heavy atom. The highest BCUT2D eigenvalue weighted by atomic mass is 35.5. The van der Waals surface area contributed by atoms with Crippen LogP contribution in [0.5, 0.6) is 0 Å². The summed E-state index contributed by atoms with van der Waals surface area (Å²) in [5, 5.41) is 14.1. The molecule has 18 heavy (non-hydrogen) atoms.